The van der Waals surface area contributed by atoms with E-state index in [0.717, 1.165) is 16.7 Å². The molecule has 2 amide bonds. The molecule has 1 N–H and O–H groups in total. The molecule has 0 spiro atoms. The molecule has 0 saturated carbocycles. The van der Waals surface area contributed by atoms with Gasteiger partial charge < -0.3 is 15.0 Å². The summed E-state index contributed by atoms with van der Waals surface area (Å²) in [4.78, 5) is 31.4. The van der Waals surface area contributed by atoms with Crippen LogP contribution in [0, 0.1) is 5.92 Å². The molecule has 0 radical (unpaired) electrons. The average Bonchev–Trinajstić information content (AvgIpc) is 2.73. The zero-order chi connectivity index (χ0) is 20.9. The van der Waals surface area contributed by atoms with Crippen LogP contribution in [0.2, 0.25) is 0 Å². The molecule has 6 heteroatoms. The summed E-state index contributed by atoms with van der Waals surface area (Å²) in [5.41, 5.74) is 1.94. The molecule has 2 aromatic rings. The summed E-state index contributed by atoms with van der Waals surface area (Å²) in [6, 6.07) is 11.9. The van der Waals surface area contributed by atoms with Crippen LogP contribution in [0.1, 0.15) is 25.8 Å². The van der Waals surface area contributed by atoms with Gasteiger partial charge >= 0.3 is 0 Å². The largest absolute Gasteiger partial charge is 0.361 e. The first-order valence-corrected chi connectivity index (χ1v) is 10.1. The van der Waals surface area contributed by atoms with E-state index in [9.17, 15) is 9.59 Å². The number of rotatable bonds is 6. The second-order valence-corrected chi connectivity index (χ2v) is 7.95. The highest BCUT2D eigenvalue weighted by molar-refractivity contribution is 5.87. The minimum atomic E-state index is -1.09. The van der Waals surface area contributed by atoms with Gasteiger partial charge in [-0.2, -0.15) is 0 Å². The van der Waals surface area contributed by atoms with E-state index in [4.69, 9.17) is 4.74 Å². The normalized spacial score (nSPS) is 19.2. The summed E-state index contributed by atoms with van der Waals surface area (Å²) in [7, 11) is 1.61. The van der Waals surface area contributed by atoms with Crippen molar-refractivity contribution in [2.24, 2.45) is 5.92 Å². The van der Waals surface area contributed by atoms with E-state index in [-0.39, 0.29) is 24.3 Å². The SMILES string of the molecule is CNC(=O)[C@@]1(Cc2cccc(-c3cccnc3)c2)CN(C(=O)CC(C)C)CCO1. The lowest BCUT2D eigenvalue weighted by Crippen LogP contribution is -2.61. The Kier molecular flexibility index (Phi) is 6.64. The maximum atomic E-state index is 12.9. The van der Waals surface area contributed by atoms with Crippen LogP contribution >= 0.6 is 0 Å². The summed E-state index contributed by atoms with van der Waals surface area (Å²) >= 11 is 0. The van der Waals surface area contributed by atoms with Crippen molar-refractivity contribution in [1.29, 1.82) is 0 Å². The number of nitrogens with zero attached hydrogens (tertiary/aromatic N) is 2. The van der Waals surface area contributed by atoms with Gasteiger partial charge in [-0.05, 0) is 28.7 Å². The molecule has 1 fully saturated rings. The van der Waals surface area contributed by atoms with Crippen LogP contribution in [0.15, 0.2) is 48.8 Å². The minimum Gasteiger partial charge on any atom is -0.361 e. The van der Waals surface area contributed by atoms with Crippen molar-refractivity contribution in [1.82, 2.24) is 15.2 Å². The molecular formula is C23H29N3O3. The molecule has 29 heavy (non-hydrogen) atoms. The predicted molar refractivity (Wildman–Crippen MR) is 112 cm³/mol. The van der Waals surface area contributed by atoms with E-state index in [1.807, 2.05) is 50.4 Å². The number of ether oxygens (including phenoxy) is 1. The minimum absolute atomic E-state index is 0.0701. The van der Waals surface area contributed by atoms with Crippen molar-refractivity contribution >= 4 is 11.8 Å². The van der Waals surface area contributed by atoms with Gasteiger partial charge in [-0.3, -0.25) is 14.6 Å². The van der Waals surface area contributed by atoms with Gasteiger partial charge in [-0.25, -0.2) is 0 Å². The fraction of sp³-hybridized carbons (Fsp3) is 0.435. The quantitative estimate of drug-likeness (QED) is 0.816. The summed E-state index contributed by atoms with van der Waals surface area (Å²) in [5.74, 6) is 0.142. The average molecular weight is 396 g/mol. The van der Waals surface area contributed by atoms with Crippen LogP contribution in [0.4, 0.5) is 0 Å². The standard InChI is InChI=1S/C23H29N3O3/c1-17(2)12-21(27)26-10-11-29-23(16-26,22(28)24-3)14-18-6-4-7-19(13-18)20-8-5-9-25-15-20/h4-9,13,15,17H,10-12,14,16H2,1-3H3,(H,24,28)/t23-/m1/s1. The van der Waals surface area contributed by atoms with Crippen molar-refractivity contribution in [3.8, 4) is 11.1 Å². The molecule has 2 heterocycles. The van der Waals surface area contributed by atoms with Gasteiger partial charge in [0.25, 0.3) is 5.91 Å². The van der Waals surface area contributed by atoms with Crippen LogP contribution < -0.4 is 5.32 Å². The van der Waals surface area contributed by atoms with E-state index in [2.05, 4.69) is 16.4 Å². The summed E-state index contributed by atoms with van der Waals surface area (Å²) < 4.78 is 6.03. The molecule has 1 atom stereocenters. The maximum absolute atomic E-state index is 12.9. The lowest BCUT2D eigenvalue weighted by Gasteiger charge is -2.41. The number of hydrogen-bond donors (Lipinski definition) is 1. The summed E-state index contributed by atoms with van der Waals surface area (Å²) in [6.07, 6.45) is 4.43. The third-order valence-electron chi connectivity index (χ3n) is 5.17. The van der Waals surface area contributed by atoms with E-state index >= 15 is 0 Å². The number of morpholine rings is 1. The van der Waals surface area contributed by atoms with E-state index in [0.29, 0.717) is 26.0 Å². The zero-order valence-corrected chi connectivity index (χ0v) is 17.4. The van der Waals surface area contributed by atoms with Gasteiger partial charge in [-0.15, -0.1) is 0 Å². The Bertz CT molecular complexity index is 853. The van der Waals surface area contributed by atoms with Crippen LogP contribution in [0.3, 0.4) is 0 Å². The van der Waals surface area contributed by atoms with E-state index < -0.39 is 5.60 Å². The second kappa shape index (κ2) is 9.18. The Morgan fingerprint density at radius 2 is 2.03 bits per heavy atom. The lowest BCUT2D eigenvalue weighted by molar-refractivity contribution is -0.166. The topological polar surface area (TPSA) is 71.5 Å². The first-order chi connectivity index (χ1) is 13.9. The Morgan fingerprint density at radius 3 is 2.72 bits per heavy atom. The molecule has 0 unspecified atom stereocenters. The number of hydrogen-bond acceptors (Lipinski definition) is 4. The van der Waals surface area contributed by atoms with Gasteiger partial charge in [0.1, 0.15) is 0 Å². The van der Waals surface area contributed by atoms with E-state index in [1.54, 1.807) is 18.1 Å². The predicted octanol–water partition coefficient (Wildman–Crippen LogP) is 2.68. The van der Waals surface area contributed by atoms with Crippen molar-refractivity contribution in [3.63, 3.8) is 0 Å². The summed E-state index contributed by atoms with van der Waals surface area (Å²) in [6.45, 7) is 5.16. The number of pyridine rings is 1. The third-order valence-corrected chi connectivity index (χ3v) is 5.17. The highest BCUT2D eigenvalue weighted by Crippen LogP contribution is 2.27. The van der Waals surface area contributed by atoms with Gasteiger partial charge in [0.2, 0.25) is 5.91 Å². The zero-order valence-electron chi connectivity index (χ0n) is 17.4. The Morgan fingerprint density at radius 1 is 1.24 bits per heavy atom. The third kappa shape index (κ3) is 5.01. The van der Waals surface area contributed by atoms with E-state index in [1.165, 1.54) is 0 Å². The number of aromatic nitrogens is 1. The first-order valence-electron chi connectivity index (χ1n) is 10.1. The highest BCUT2D eigenvalue weighted by atomic mass is 16.5. The number of carbonyl (C=O) groups is 2. The molecule has 154 valence electrons. The number of benzene rings is 1. The second-order valence-electron chi connectivity index (χ2n) is 7.95. The highest BCUT2D eigenvalue weighted by Gasteiger charge is 2.44. The molecule has 6 nitrogen and oxygen atoms in total. The van der Waals surface area contributed by atoms with Crippen molar-refractivity contribution in [3.05, 3.63) is 54.4 Å². The fourth-order valence-electron chi connectivity index (χ4n) is 3.75. The molecule has 0 bridgehead atoms. The molecule has 1 aromatic heterocycles. The smallest absolute Gasteiger partial charge is 0.254 e. The van der Waals surface area contributed by atoms with Crippen LogP contribution in [0.25, 0.3) is 11.1 Å². The molecule has 3 rings (SSSR count). The van der Waals surface area contributed by atoms with Gasteiger partial charge in [0.15, 0.2) is 5.60 Å². The fourth-order valence-corrected chi connectivity index (χ4v) is 3.75. The number of carbonyl (C=O) groups excluding carboxylic acids is 2. The number of likely N-dealkylation sites (N-methyl/N-ethyl adjacent to an activating group) is 1. The lowest BCUT2D eigenvalue weighted by atomic mass is 9.89. The first kappa shape index (κ1) is 21.0. The Hall–Kier alpha value is -2.73. The molecule has 0 aliphatic carbocycles. The molecule has 1 aliphatic heterocycles. The van der Waals surface area contributed by atoms with Crippen molar-refractivity contribution < 1.29 is 14.3 Å². The molecule has 1 aliphatic rings. The van der Waals surface area contributed by atoms with Crippen LogP contribution in [-0.2, 0) is 20.7 Å². The Balaban J connectivity index is 1.86. The van der Waals surface area contributed by atoms with Crippen LogP contribution in [0.5, 0.6) is 0 Å². The molecule has 1 saturated heterocycles. The van der Waals surface area contributed by atoms with Crippen molar-refractivity contribution in [2.45, 2.75) is 32.3 Å². The maximum Gasteiger partial charge on any atom is 0.254 e. The van der Waals surface area contributed by atoms with Gasteiger partial charge in [0.05, 0.1) is 13.2 Å². The molecular weight excluding hydrogens is 366 g/mol. The Labute approximate surface area is 172 Å². The summed E-state index contributed by atoms with van der Waals surface area (Å²) in [5, 5.41) is 2.73. The monoisotopic (exact) mass is 395 g/mol. The van der Waals surface area contributed by atoms with Crippen molar-refractivity contribution in [2.75, 3.05) is 26.7 Å². The van der Waals surface area contributed by atoms with Gasteiger partial charge in [-0.1, -0.05) is 44.2 Å². The van der Waals surface area contributed by atoms with Gasteiger partial charge in [0, 0.05) is 38.8 Å². The number of nitrogens with one attached hydrogen (secondary N) is 1. The van der Waals surface area contributed by atoms with Crippen LogP contribution in [-0.4, -0.2) is 54.0 Å². The molecule has 1 aromatic carbocycles. The number of amides is 2.